The van der Waals surface area contributed by atoms with Crippen molar-refractivity contribution in [2.45, 2.75) is 65.3 Å². The largest absolute Gasteiger partial charge is 0.324 e. The smallest absolute Gasteiger partial charge is 0.0302 e. The Balaban J connectivity index is 2.42. The summed E-state index contributed by atoms with van der Waals surface area (Å²) >= 11 is 0. The van der Waals surface area contributed by atoms with Crippen molar-refractivity contribution in [3.05, 3.63) is 34.9 Å². The van der Waals surface area contributed by atoms with Gasteiger partial charge in [-0.05, 0) is 46.8 Å². The van der Waals surface area contributed by atoms with Crippen LogP contribution in [0, 0.1) is 5.41 Å². The summed E-state index contributed by atoms with van der Waals surface area (Å²) in [6.45, 7) is 11.5. The molecule has 1 aromatic rings. The fourth-order valence-corrected chi connectivity index (χ4v) is 2.91. The molecule has 1 aromatic carbocycles. The Hall–Kier alpha value is -0.820. The zero-order chi connectivity index (χ0) is 13.6. The molecule has 0 saturated carbocycles. The van der Waals surface area contributed by atoms with Crippen LogP contribution in [0.3, 0.4) is 0 Å². The fourth-order valence-electron chi connectivity index (χ4n) is 2.91. The minimum atomic E-state index is 0.194. The lowest BCUT2D eigenvalue weighted by atomic mass is 9.82. The van der Waals surface area contributed by atoms with Crippen LogP contribution in [0.15, 0.2) is 18.2 Å². The third-order valence-electron chi connectivity index (χ3n) is 4.25. The Morgan fingerprint density at radius 2 is 1.89 bits per heavy atom. The maximum atomic E-state index is 6.43. The van der Waals surface area contributed by atoms with Crippen LogP contribution in [0.2, 0.25) is 0 Å². The average molecular weight is 245 g/mol. The number of hydrogen-bond donors (Lipinski definition) is 1. The topological polar surface area (TPSA) is 26.0 Å². The standard InChI is InChI=1S/C17H27N/c1-16(2,3)13-7-6-12-8-9-17(4,5)11-15(18)14(12)10-13/h6-7,10,15H,8-9,11,18H2,1-5H3. The molecule has 1 aliphatic carbocycles. The molecule has 2 rings (SSSR count). The second kappa shape index (κ2) is 4.38. The molecule has 0 radical (unpaired) electrons. The molecule has 0 amide bonds. The van der Waals surface area contributed by atoms with Crippen molar-refractivity contribution < 1.29 is 0 Å². The van der Waals surface area contributed by atoms with Crippen molar-refractivity contribution in [1.82, 2.24) is 0 Å². The normalized spacial score (nSPS) is 23.3. The first kappa shape index (κ1) is 13.6. The predicted molar refractivity (Wildman–Crippen MR) is 78.8 cm³/mol. The molecule has 1 heteroatoms. The van der Waals surface area contributed by atoms with E-state index in [-0.39, 0.29) is 11.5 Å². The Labute approximate surface area is 112 Å². The number of benzene rings is 1. The van der Waals surface area contributed by atoms with E-state index in [0.717, 1.165) is 6.42 Å². The van der Waals surface area contributed by atoms with Crippen molar-refractivity contribution in [3.8, 4) is 0 Å². The first-order valence-corrected chi connectivity index (χ1v) is 7.08. The van der Waals surface area contributed by atoms with Gasteiger partial charge in [0.2, 0.25) is 0 Å². The molecule has 0 saturated heterocycles. The summed E-state index contributed by atoms with van der Waals surface area (Å²) in [6, 6.07) is 7.13. The average Bonchev–Trinajstić information content (AvgIpc) is 2.34. The van der Waals surface area contributed by atoms with Gasteiger partial charge in [-0.15, -0.1) is 0 Å². The number of fused-ring (bicyclic) bond motifs is 1. The van der Waals surface area contributed by atoms with E-state index in [0.29, 0.717) is 5.41 Å². The Morgan fingerprint density at radius 1 is 1.22 bits per heavy atom. The number of hydrogen-bond acceptors (Lipinski definition) is 1. The van der Waals surface area contributed by atoms with Gasteiger partial charge >= 0.3 is 0 Å². The van der Waals surface area contributed by atoms with Crippen LogP contribution in [0.1, 0.15) is 70.2 Å². The highest BCUT2D eigenvalue weighted by molar-refractivity contribution is 5.38. The van der Waals surface area contributed by atoms with Crippen LogP contribution in [0.5, 0.6) is 0 Å². The lowest BCUT2D eigenvalue weighted by Gasteiger charge is -2.25. The van der Waals surface area contributed by atoms with E-state index in [1.807, 2.05) is 0 Å². The highest BCUT2D eigenvalue weighted by atomic mass is 14.6. The van der Waals surface area contributed by atoms with Gasteiger partial charge in [0.1, 0.15) is 0 Å². The molecule has 18 heavy (non-hydrogen) atoms. The number of aryl methyl sites for hydroxylation is 1. The van der Waals surface area contributed by atoms with Crippen LogP contribution < -0.4 is 5.73 Å². The van der Waals surface area contributed by atoms with Crippen molar-refractivity contribution in [3.63, 3.8) is 0 Å². The lowest BCUT2D eigenvalue weighted by Crippen LogP contribution is -2.20. The van der Waals surface area contributed by atoms with Gasteiger partial charge in [-0.25, -0.2) is 0 Å². The second-order valence-corrected chi connectivity index (χ2v) is 7.64. The van der Waals surface area contributed by atoms with E-state index in [1.165, 1.54) is 29.5 Å². The molecule has 0 bridgehead atoms. The number of rotatable bonds is 0. The molecule has 0 fully saturated rings. The summed E-state index contributed by atoms with van der Waals surface area (Å²) < 4.78 is 0. The molecular weight excluding hydrogens is 218 g/mol. The highest BCUT2D eigenvalue weighted by Crippen LogP contribution is 2.39. The highest BCUT2D eigenvalue weighted by Gasteiger charge is 2.28. The SMILES string of the molecule is CC1(C)CCc2ccc(C(C)(C)C)cc2C(N)C1. The van der Waals surface area contributed by atoms with Gasteiger partial charge in [-0.3, -0.25) is 0 Å². The van der Waals surface area contributed by atoms with Gasteiger partial charge in [0.15, 0.2) is 0 Å². The van der Waals surface area contributed by atoms with Gasteiger partial charge in [-0.1, -0.05) is 52.8 Å². The molecule has 1 atom stereocenters. The van der Waals surface area contributed by atoms with E-state index >= 15 is 0 Å². The molecule has 0 spiro atoms. The van der Waals surface area contributed by atoms with E-state index < -0.39 is 0 Å². The Kier molecular flexibility index (Phi) is 3.31. The first-order valence-electron chi connectivity index (χ1n) is 7.08. The minimum Gasteiger partial charge on any atom is -0.324 e. The minimum absolute atomic E-state index is 0.194. The van der Waals surface area contributed by atoms with Crippen molar-refractivity contribution in [2.24, 2.45) is 11.1 Å². The molecular formula is C17H27N. The lowest BCUT2D eigenvalue weighted by molar-refractivity contribution is 0.294. The van der Waals surface area contributed by atoms with E-state index in [1.54, 1.807) is 0 Å². The van der Waals surface area contributed by atoms with Crippen LogP contribution in [0.4, 0.5) is 0 Å². The van der Waals surface area contributed by atoms with Gasteiger partial charge < -0.3 is 5.73 Å². The Morgan fingerprint density at radius 3 is 2.50 bits per heavy atom. The fraction of sp³-hybridized carbons (Fsp3) is 0.647. The third kappa shape index (κ3) is 2.77. The summed E-state index contributed by atoms with van der Waals surface area (Å²) in [5, 5.41) is 0. The van der Waals surface area contributed by atoms with E-state index in [4.69, 9.17) is 5.73 Å². The summed E-state index contributed by atoms with van der Waals surface area (Å²) in [5.74, 6) is 0. The summed E-state index contributed by atoms with van der Waals surface area (Å²) in [7, 11) is 0. The van der Waals surface area contributed by atoms with Crippen LogP contribution in [-0.4, -0.2) is 0 Å². The molecule has 1 unspecified atom stereocenters. The summed E-state index contributed by atoms with van der Waals surface area (Å²) in [5.41, 5.74) is 11.2. The summed E-state index contributed by atoms with van der Waals surface area (Å²) in [4.78, 5) is 0. The molecule has 0 heterocycles. The molecule has 0 aromatic heterocycles. The molecule has 1 nitrogen and oxygen atoms in total. The zero-order valence-corrected chi connectivity index (χ0v) is 12.5. The van der Waals surface area contributed by atoms with Gasteiger partial charge in [-0.2, -0.15) is 0 Å². The van der Waals surface area contributed by atoms with Crippen LogP contribution in [0.25, 0.3) is 0 Å². The first-order chi connectivity index (χ1) is 8.19. The second-order valence-electron chi connectivity index (χ2n) is 7.64. The maximum absolute atomic E-state index is 6.43. The van der Waals surface area contributed by atoms with Gasteiger partial charge in [0.25, 0.3) is 0 Å². The molecule has 0 aliphatic heterocycles. The van der Waals surface area contributed by atoms with Gasteiger partial charge in [0.05, 0.1) is 0 Å². The van der Waals surface area contributed by atoms with E-state index in [9.17, 15) is 0 Å². The number of nitrogens with two attached hydrogens (primary N) is 1. The third-order valence-corrected chi connectivity index (χ3v) is 4.25. The van der Waals surface area contributed by atoms with Crippen molar-refractivity contribution >= 4 is 0 Å². The Bertz CT molecular complexity index is 437. The molecule has 1 aliphatic rings. The van der Waals surface area contributed by atoms with E-state index in [2.05, 4.69) is 52.8 Å². The predicted octanol–water partition coefficient (Wildman–Crippen LogP) is 4.35. The summed E-state index contributed by atoms with van der Waals surface area (Å²) in [6.07, 6.45) is 3.50. The van der Waals surface area contributed by atoms with Crippen LogP contribution >= 0.6 is 0 Å². The van der Waals surface area contributed by atoms with Crippen molar-refractivity contribution in [1.29, 1.82) is 0 Å². The quantitative estimate of drug-likeness (QED) is 0.676. The van der Waals surface area contributed by atoms with Crippen LogP contribution in [-0.2, 0) is 11.8 Å². The van der Waals surface area contributed by atoms with Crippen molar-refractivity contribution in [2.75, 3.05) is 0 Å². The molecule has 100 valence electrons. The zero-order valence-electron chi connectivity index (χ0n) is 12.5. The van der Waals surface area contributed by atoms with Gasteiger partial charge in [0, 0.05) is 6.04 Å². The maximum Gasteiger partial charge on any atom is 0.0302 e. The molecule has 2 N–H and O–H groups in total. The monoisotopic (exact) mass is 245 g/mol.